The first kappa shape index (κ1) is 24.9. The summed E-state index contributed by atoms with van der Waals surface area (Å²) in [7, 11) is 2.07. The standard InChI is InChI=1S/C26H27ClFN7O2/c1-13-7-21(26(37)35-10-14(2)34(4)15(3)11-35)32-20(13)9-17-22-23(29-12-30-24(22)33-25(17)36)31-16-5-6-19(28)18(27)8-16/h5-9,12,14-15,32H,10-11H2,1-4H3,(H2,29,30,31,33,36)/b17-9-. The lowest BCUT2D eigenvalue weighted by Gasteiger charge is -2.42. The normalized spacial score (nSPS) is 20.8. The Kier molecular flexibility index (Phi) is 6.47. The number of likely N-dealkylation sites (N-methyl/N-ethyl adjacent to an activating group) is 1. The molecule has 2 amide bonds. The fourth-order valence-corrected chi connectivity index (χ4v) is 4.87. The molecule has 3 N–H and O–H groups in total. The van der Waals surface area contributed by atoms with E-state index < -0.39 is 5.82 Å². The van der Waals surface area contributed by atoms with Crippen molar-refractivity contribution in [3.63, 3.8) is 0 Å². The zero-order valence-corrected chi connectivity index (χ0v) is 21.7. The fourth-order valence-electron chi connectivity index (χ4n) is 4.69. The highest BCUT2D eigenvalue weighted by Gasteiger charge is 2.32. The summed E-state index contributed by atoms with van der Waals surface area (Å²) in [6.45, 7) is 7.38. The monoisotopic (exact) mass is 523 g/mol. The maximum atomic E-state index is 13.6. The number of nitrogens with zero attached hydrogens (tertiary/aromatic N) is 4. The van der Waals surface area contributed by atoms with Crippen LogP contribution in [0.3, 0.4) is 0 Å². The summed E-state index contributed by atoms with van der Waals surface area (Å²) >= 11 is 5.92. The number of nitrogens with one attached hydrogen (secondary N) is 3. The number of piperazine rings is 1. The average Bonchev–Trinajstić information content (AvgIpc) is 3.38. The quantitative estimate of drug-likeness (QED) is 0.440. The first-order valence-electron chi connectivity index (χ1n) is 11.9. The summed E-state index contributed by atoms with van der Waals surface area (Å²) in [6.07, 6.45) is 3.01. The molecule has 2 aromatic heterocycles. The van der Waals surface area contributed by atoms with Gasteiger partial charge in [0, 0.05) is 36.6 Å². The van der Waals surface area contributed by atoms with Gasteiger partial charge in [0.2, 0.25) is 0 Å². The molecular formula is C26H27ClFN7O2. The molecule has 1 fully saturated rings. The number of H-pyrrole nitrogens is 1. The Hall–Kier alpha value is -3.76. The van der Waals surface area contributed by atoms with Crippen molar-refractivity contribution in [1.29, 1.82) is 0 Å². The van der Waals surface area contributed by atoms with Crippen LogP contribution in [-0.4, -0.2) is 68.8 Å². The van der Waals surface area contributed by atoms with Crippen LogP contribution >= 0.6 is 11.6 Å². The number of carbonyl (C=O) groups is 2. The summed E-state index contributed by atoms with van der Waals surface area (Å²) in [5.74, 6) is -0.249. The Balaban J connectivity index is 1.46. The molecule has 3 aromatic rings. The minimum absolute atomic E-state index is 0.0380. The van der Waals surface area contributed by atoms with E-state index in [2.05, 4.69) is 51.4 Å². The van der Waals surface area contributed by atoms with Crippen LogP contribution in [0.2, 0.25) is 5.02 Å². The summed E-state index contributed by atoms with van der Waals surface area (Å²) in [6, 6.07) is 6.52. The number of aromatic amines is 1. The highest BCUT2D eigenvalue weighted by atomic mass is 35.5. The second-order valence-electron chi connectivity index (χ2n) is 9.57. The van der Waals surface area contributed by atoms with Crippen molar-refractivity contribution in [2.75, 3.05) is 30.8 Å². The van der Waals surface area contributed by atoms with Gasteiger partial charge in [0.05, 0.1) is 16.2 Å². The van der Waals surface area contributed by atoms with E-state index in [1.807, 2.05) is 11.8 Å². The molecule has 11 heteroatoms. The molecule has 0 saturated carbocycles. The smallest absolute Gasteiger partial charge is 0.270 e. The van der Waals surface area contributed by atoms with E-state index in [0.29, 0.717) is 52.9 Å². The average molecular weight is 524 g/mol. The lowest BCUT2D eigenvalue weighted by Crippen LogP contribution is -2.56. The first-order chi connectivity index (χ1) is 17.6. The molecule has 2 atom stereocenters. The van der Waals surface area contributed by atoms with E-state index in [9.17, 15) is 14.0 Å². The van der Waals surface area contributed by atoms with Gasteiger partial charge in [0.25, 0.3) is 11.8 Å². The van der Waals surface area contributed by atoms with Crippen LogP contribution < -0.4 is 10.6 Å². The van der Waals surface area contributed by atoms with Crippen LogP contribution in [0.4, 0.5) is 21.7 Å². The summed E-state index contributed by atoms with van der Waals surface area (Å²) in [5, 5.41) is 5.80. The number of rotatable bonds is 4. The van der Waals surface area contributed by atoms with Gasteiger partial charge in [0.1, 0.15) is 29.5 Å². The molecule has 9 nitrogen and oxygen atoms in total. The van der Waals surface area contributed by atoms with E-state index in [-0.39, 0.29) is 28.9 Å². The number of hydrogen-bond acceptors (Lipinski definition) is 6. The SMILES string of the molecule is Cc1cc(C(=O)N2CC(C)N(C)C(C)C2)[nH]c1/C=C1\C(=O)Nc2ncnc(Nc3ccc(F)c(Cl)c3)c21. The van der Waals surface area contributed by atoms with Gasteiger partial charge in [-0.2, -0.15) is 0 Å². The molecule has 0 aliphatic carbocycles. The highest BCUT2D eigenvalue weighted by Crippen LogP contribution is 2.37. The lowest BCUT2D eigenvalue weighted by molar-refractivity contribution is -0.110. The number of carbonyl (C=O) groups excluding carboxylic acids is 2. The third-order valence-electron chi connectivity index (χ3n) is 7.00. The molecule has 2 unspecified atom stereocenters. The summed E-state index contributed by atoms with van der Waals surface area (Å²) < 4.78 is 13.6. The van der Waals surface area contributed by atoms with Gasteiger partial charge in [-0.25, -0.2) is 14.4 Å². The lowest BCUT2D eigenvalue weighted by atomic mass is 10.1. The van der Waals surface area contributed by atoms with E-state index in [0.717, 1.165) is 5.56 Å². The molecular weight excluding hydrogens is 497 g/mol. The predicted octanol–water partition coefficient (Wildman–Crippen LogP) is 4.31. The van der Waals surface area contributed by atoms with Crippen molar-refractivity contribution in [3.05, 3.63) is 63.9 Å². The van der Waals surface area contributed by atoms with Crippen LogP contribution in [0, 0.1) is 12.7 Å². The van der Waals surface area contributed by atoms with E-state index >= 15 is 0 Å². The van der Waals surface area contributed by atoms with Crippen LogP contribution in [0.15, 0.2) is 30.6 Å². The summed E-state index contributed by atoms with van der Waals surface area (Å²) in [5.41, 5.74) is 3.23. The Morgan fingerprint density at radius 2 is 1.95 bits per heavy atom. The van der Waals surface area contributed by atoms with Crippen molar-refractivity contribution < 1.29 is 14.0 Å². The van der Waals surface area contributed by atoms with Gasteiger partial charge in [-0.15, -0.1) is 0 Å². The van der Waals surface area contributed by atoms with Crippen LogP contribution in [0.1, 0.15) is 41.2 Å². The van der Waals surface area contributed by atoms with Crippen molar-refractivity contribution in [2.24, 2.45) is 0 Å². The zero-order valence-electron chi connectivity index (χ0n) is 20.9. The minimum Gasteiger partial charge on any atom is -0.351 e. The van der Waals surface area contributed by atoms with Crippen LogP contribution in [0.5, 0.6) is 0 Å². The molecule has 1 aromatic carbocycles. The Bertz CT molecular complexity index is 1420. The van der Waals surface area contributed by atoms with Gasteiger partial charge >= 0.3 is 0 Å². The number of fused-ring (bicyclic) bond motifs is 1. The Morgan fingerprint density at radius 1 is 1.22 bits per heavy atom. The molecule has 1 saturated heterocycles. The predicted molar refractivity (Wildman–Crippen MR) is 141 cm³/mol. The van der Waals surface area contributed by atoms with Gasteiger partial charge in [0.15, 0.2) is 0 Å². The van der Waals surface area contributed by atoms with E-state index in [1.165, 1.54) is 24.5 Å². The maximum Gasteiger partial charge on any atom is 0.270 e. The van der Waals surface area contributed by atoms with Gasteiger partial charge in [-0.05, 0) is 63.7 Å². The number of halogens is 2. The molecule has 0 bridgehead atoms. The number of anilines is 3. The molecule has 37 heavy (non-hydrogen) atoms. The number of aromatic nitrogens is 3. The Labute approximate surface area is 218 Å². The second-order valence-corrected chi connectivity index (χ2v) is 9.97. The number of amides is 2. The molecule has 5 rings (SSSR count). The van der Waals surface area contributed by atoms with Crippen LogP contribution in [0.25, 0.3) is 11.6 Å². The third-order valence-corrected chi connectivity index (χ3v) is 7.29. The zero-order chi connectivity index (χ0) is 26.4. The number of hydrogen-bond donors (Lipinski definition) is 3. The second kappa shape index (κ2) is 9.60. The molecule has 2 aliphatic rings. The topological polar surface area (TPSA) is 106 Å². The number of benzene rings is 1. The van der Waals surface area contributed by atoms with Crippen molar-refractivity contribution >= 4 is 52.4 Å². The molecule has 0 radical (unpaired) electrons. The third kappa shape index (κ3) is 4.70. The van der Waals surface area contributed by atoms with Crippen molar-refractivity contribution in [1.82, 2.24) is 24.8 Å². The minimum atomic E-state index is -0.536. The Morgan fingerprint density at radius 3 is 2.65 bits per heavy atom. The van der Waals surface area contributed by atoms with Gasteiger partial charge < -0.3 is 20.5 Å². The van der Waals surface area contributed by atoms with Gasteiger partial charge in [-0.3, -0.25) is 14.5 Å². The first-order valence-corrected chi connectivity index (χ1v) is 12.3. The number of aryl methyl sites for hydroxylation is 1. The fraction of sp³-hybridized carbons (Fsp3) is 0.308. The highest BCUT2D eigenvalue weighted by molar-refractivity contribution is 6.35. The maximum absolute atomic E-state index is 13.6. The van der Waals surface area contributed by atoms with Crippen LogP contribution in [-0.2, 0) is 4.79 Å². The molecule has 192 valence electrons. The van der Waals surface area contributed by atoms with Crippen molar-refractivity contribution in [3.8, 4) is 0 Å². The van der Waals surface area contributed by atoms with Crippen molar-refractivity contribution in [2.45, 2.75) is 32.9 Å². The molecule has 4 heterocycles. The largest absolute Gasteiger partial charge is 0.351 e. The van der Waals surface area contributed by atoms with Gasteiger partial charge in [-0.1, -0.05) is 11.6 Å². The van der Waals surface area contributed by atoms with E-state index in [4.69, 9.17) is 11.6 Å². The molecule has 2 aliphatic heterocycles. The molecule has 0 spiro atoms. The van der Waals surface area contributed by atoms with E-state index in [1.54, 1.807) is 12.1 Å². The summed E-state index contributed by atoms with van der Waals surface area (Å²) in [4.78, 5) is 42.0.